The van der Waals surface area contributed by atoms with E-state index in [0.29, 0.717) is 11.8 Å². The first-order valence-corrected chi connectivity index (χ1v) is 19.5. The van der Waals surface area contributed by atoms with Crippen molar-refractivity contribution in [1.29, 1.82) is 0 Å². The number of rotatable bonds is 5. The van der Waals surface area contributed by atoms with Crippen LogP contribution in [-0.2, 0) is 6.42 Å². The Morgan fingerprint density at radius 2 is 0.818 bits per heavy atom. The molecule has 10 aromatic carbocycles. The molecule has 11 rings (SSSR count). The first-order valence-electron chi connectivity index (χ1n) is 19.5. The molecular formula is C55H38. The van der Waals surface area contributed by atoms with Gasteiger partial charge in [0.2, 0.25) is 0 Å². The van der Waals surface area contributed by atoms with Crippen molar-refractivity contribution in [3.8, 4) is 33.4 Å². The van der Waals surface area contributed by atoms with Gasteiger partial charge in [-0.1, -0.05) is 188 Å². The van der Waals surface area contributed by atoms with Gasteiger partial charge in [0, 0.05) is 5.92 Å². The van der Waals surface area contributed by atoms with Gasteiger partial charge in [-0.15, -0.1) is 0 Å². The molecule has 0 saturated heterocycles. The second-order valence-corrected chi connectivity index (χ2v) is 15.2. The van der Waals surface area contributed by atoms with E-state index in [4.69, 9.17) is 0 Å². The monoisotopic (exact) mass is 698 g/mol. The van der Waals surface area contributed by atoms with Crippen molar-refractivity contribution in [2.75, 3.05) is 0 Å². The molecule has 0 fully saturated rings. The topological polar surface area (TPSA) is 0 Å². The van der Waals surface area contributed by atoms with Gasteiger partial charge in [0.1, 0.15) is 0 Å². The Labute approximate surface area is 322 Å². The van der Waals surface area contributed by atoms with Gasteiger partial charge in [-0.05, 0) is 129 Å². The van der Waals surface area contributed by atoms with E-state index in [1.807, 2.05) is 0 Å². The number of hydrogen-bond acceptors (Lipinski definition) is 0. The fourth-order valence-corrected chi connectivity index (χ4v) is 9.57. The molecule has 0 spiro atoms. The minimum atomic E-state index is 0.357. The third-order valence-corrected chi connectivity index (χ3v) is 12.2. The molecule has 55 heavy (non-hydrogen) atoms. The summed E-state index contributed by atoms with van der Waals surface area (Å²) in [4.78, 5) is 0. The zero-order valence-corrected chi connectivity index (χ0v) is 30.5. The van der Waals surface area contributed by atoms with Crippen LogP contribution in [-0.4, -0.2) is 0 Å². The van der Waals surface area contributed by atoms with Gasteiger partial charge in [0.25, 0.3) is 0 Å². The lowest BCUT2D eigenvalue weighted by Gasteiger charge is -2.22. The fraction of sp³-hybridized carbons (Fsp3) is 0.0545. The van der Waals surface area contributed by atoms with E-state index in [9.17, 15) is 0 Å². The lowest BCUT2D eigenvalue weighted by atomic mass is 9.81. The standard InChI is InChI=1S/C55H38/c1-2-14-40(15-3-1)53-47-19-9-8-18-44(47)35-51(53)39-26-22-38(23-27-39)43-30-31-50-52(34-43)55(46-29-25-37-13-5-7-17-42(37)33-46)49-21-11-10-20-48(49)54(50)45-28-24-36-12-4-6-16-41(36)32-45/h1-34,51,53H,35H2. The van der Waals surface area contributed by atoms with Crippen LogP contribution in [0.5, 0.6) is 0 Å². The molecular weight excluding hydrogens is 661 g/mol. The third kappa shape index (κ3) is 5.37. The summed E-state index contributed by atoms with van der Waals surface area (Å²) in [6, 6.07) is 77.0. The lowest BCUT2D eigenvalue weighted by Crippen LogP contribution is -2.08. The van der Waals surface area contributed by atoms with E-state index in [1.165, 1.54) is 98.7 Å². The molecule has 0 aromatic heterocycles. The highest BCUT2D eigenvalue weighted by Gasteiger charge is 2.34. The van der Waals surface area contributed by atoms with E-state index < -0.39 is 0 Å². The van der Waals surface area contributed by atoms with Crippen LogP contribution in [0.4, 0.5) is 0 Å². The fourth-order valence-electron chi connectivity index (χ4n) is 9.57. The summed E-state index contributed by atoms with van der Waals surface area (Å²) in [7, 11) is 0. The van der Waals surface area contributed by atoms with Crippen LogP contribution >= 0.6 is 0 Å². The number of hydrogen-bond donors (Lipinski definition) is 0. The van der Waals surface area contributed by atoms with E-state index in [2.05, 4.69) is 206 Å². The van der Waals surface area contributed by atoms with Crippen molar-refractivity contribution in [2.45, 2.75) is 18.3 Å². The van der Waals surface area contributed by atoms with Gasteiger partial charge in [0.15, 0.2) is 0 Å². The molecule has 1 aliphatic carbocycles. The van der Waals surface area contributed by atoms with Gasteiger partial charge in [-0.2, -0.15) is 0 Å². The first-order chi connectivity index (χ1) is 27.3. The highest BCUT2D eigenvalue weighted by atomic mass is 14.4. The summed E-state index contributed by atoms with van der Waals surface area (Å²) in [5.41, 5.74) is 13.3. The normalized spacial score (nSPS) is 15.2. The maximum atomic E-state index is 2.45. The van der Waals surface area contributed by atoms with Gasteiger partial charge in [-0.3, -0.25) is 0 Å². The van der Waals surface area contributed by atoms with Crippen molar-refractivity contribution in [2.24, 2.45) is 0 Å². The zero-order chi connectivity index (χ0) is 36.3. The Kier molecular flexibility index (Phi) is 7.49. The molecule has 2 atom stereocenters. The summed E-state index contributed by atoms with van der Waals surface area (Å²) in [5.74, 6) is 0.760. The molecule has 0 aliphatic heterocycles. The van der Waals surface area contributed by atoms with Gasteiger partial charge in [-0.25, -0.2) is 0 Å². The molecule has 0 heterocycles. The lowest BCUT2D eigenvalue weighted by molar-refractivity contribution is 0.657. The zero-order valence-electron chi connectivity index (χ0n) is 30.5. The van der Waals surface area contributed by atoms with Crippen LogP contribution < -0.4 is 0 Å². The van der Waals surface area contributed by atoms with E-state index in [0.717, 1.165) is 6.42 Å². The molecule has 258 valence electrons. The molecule has 0 amide bonds. The summed E-state index contributed by atoms with van der Waals surface area (Å²) in [6.45, 7) is 0. The molecule has 2 unspecified atom stereocenters. The summed E-state index contributed by atoms with van der Waals surface area (Å²) < 4.78 is 0. The SMILES string of the molecule is c1ccc(C2c3ccccc3CC2c2ccc(-c3ccc4c(-c5ccc6ccccc6c5)c5ccccc5c(-c5ccc6ccccc6c5)c4c3)cc2)cc1. The van der Waals surface area contributed by atoms with Crippen molar-refractivity contribution in [3.05, 3.63) is 229 Å². The molecule has 1 aliphatic rings. The maximum Gasteiger partial charge on any atom is 0.0164 e. The number of fused-ring (bicyclic) bond motifs is 5. The van der Waals surface area contributed by atoms with Crippen molar-refractivity contribution >= 4 is 43.1 Å². The van der Waals surface area contributed by atoms with Crippen LogP contribution in [0, 0.1) is 0 Å². The molecule has 0 nitrogen and oxygen atoms in total. The van der Waals surface area contributed by atoms with Crippen molar-refractivity contribution in [3.63, 3.8) is 0 Å². The summed E-state index contributed by atoms with van der Waals surface area (Å²) in [6.07, 6.45) is 1.06. The van der Waals surface area contributed by atoms with Crippen LogP contribution in [0.2, 0.25) is 0 Å². The quantitative estimate of drug-likeness (QED) is 0.157. The molecule has 0 radical (unpaired) electrons. The largest absolute Gasteiger partial charge is 0.0622 e. The van der Waals surface area contributed by atoms with Crippen LogP contribution in [0.1, 0.15) is 34.1 Å². The predicted octanol–water partition coefficient (Wildman–Crippen LogP) is 14.8. The minimum absolute atomic E-state index is 0.357. The Morgan fingerprint density at radius 1 is 0.309 bits per heavy atom. The second kappa shape index (κ2) is 13.0. The molecule has 0 bridgehead atoms. The smallest absolute Gasteiger partial charge is 0.0164 e. The molecule has 0 saturated carbocycles. The highest BCUT2D eigenvalue weighted by molar-refractivity contribution is 6.22. The van der Waals surface area contributed by atoms with Crippen LogP contribution in [0.3, 0.4) is 0 Å². The van der Waals surface area contributed by atoms with E-state index in [1.54, 1.807) is 0 Å². The van der Waals surface area contributed by atoms with Crippen LogP contribution in [0.15, 0.2) is 206 Å². The Hall–Kier alpha value is -6.76. The van der Waals surface area contributed by atoms with Crippen LogP contribution in [0.25, 0.3) is 76.5 Å². The average Bonchev–Trinajstić information content (AvgIpc) is 3.65. The molecule has 0 N–H and O–H groups in total. The predicted molar refractivity (Wildman–Crippen MR) is 234 cm³/mol. The molecule has 10 aromatic rings. The van der Waals surface area contributed by atoms with E-state index >= 15 is 0 Å². The second-order valence-electron chi connectivity index (χ2n) is 15.2. The van der Waals surface area contributed by atoms with Crippen molar-refractivity contribution in [1.82, 2.24) is 0 Å². The van der Waals surface area contributed by atoms with Gasteiger partial charge < -0.3 is 0 Å². The highest BCUT2D eigenvalue weighted by Crippen LogP contribution is 2.49. The summed E-state index contributed by atoms with van der Waals surface area (Å²) in [5, 5.41) is 10.1. The summed E-state index contributed by atoms with van der Waals surface area (Å²) >= 11 is 0. The van der Waals surface area contributed by atoms with E-state index in [-0.39, 0.29) is 0 Å². The Morgan fingerprint density at radius 3 is 1.49 bits per heavy atom. The third-order valence-electron chi connectivity index (χ3n) is 12.2. The molecule has 0 heteroatoms. The average molecular weight is 699 g/mol. The number of benzene rings is 10. The van der Waals surface area contributed by atoms with Gasteiger partial charge >= 0.3 is 0 Å². The van der Waals surface area contributed by atoms with Gasteiger partial charge in [0.05, 0.1) is 0 Å². The Bertz CT molecular complexity index is 3060. The van der Waals surface area contributed by atoms with Crippen molar-refractivity contribution < 1.29 is 0 Å². The minimum Gasteiger partial charge on any atom is -0.0622 e. The first kappa shape index (κ1) is 31.7. The Balaban J connectivity index is 1.09. The maximum absolute atomic E-state index is 2.45.